The van der Waals surface area contributed by atoms with Crippen LogP contribution in [0.1, 0.15) is 12.0 Å². The fourth-order valence-corrected chi connectivity index (χ4v) is 2.96. The zero-order valence-corrected chi connectivity index (χ0v) is 10.6. The zero-order valence-electron chi connectivity index (χ0n) is 10.6. The summed E-state index contributed by atoms with van der Waals surface area (Å²) in [6, 6.07) is 9.33. The summed E-state index contributed by atoms with van der Waals surface area (Å²) >= 11 is 0. The number of anilines is 1. The minimum absolute atomic E-state index is 0.0636. The highest BCUT2D eigenvalue weighted by atomic mass is 16.2. The number of fused-ring (bicyclic) bond motifs is 1. The van der Waals surface area contributed by atoms with Crippen molar-refractivity contribution in [3.05, 3.63) is 29.8 Å². The number of carbonyl (C=O) groups is 1. The Morgan fingerprint density at radius 2 is 2.37 bits per heavy atom. The van der Waals surface area contributed by atoms with Gasteiger partial charge in [-0.2, -0.15) is 5.26 Å². The number of carbonyl (C=O) groups excluding carboxylic acids is 1. The molecule has 2 heterocycles. The van der Waals surface area contributed by atoms with E-state index in [1.165, 1.54) is 0 Å². The monoisotopic (exact) mass is 256 g/mol. The van der Waals surface area contributed by atoms with Gasteiger partial charge in [0.15, 0.2) is 0 Å². The molecule has 2 amide bonds. The standard InChI is InChI=1S/C14H16N4O/c15-7-10-2-1-3-12(6-10)17-14(19)18-5-4-11-8-16-9-13(11)18/h1-3,6,11,13,16H,4-5,8-9H2,(H,17,19)/t11-,13+/m0/s1. The van der Waals surface area contributed by atoms with Gasteiger partial charge in [0, 0.05) is 31.4 Å². The van der Waals surface area contributed by atoms with E-state index < -0.39 is 0 Å². The Kier molecular flexibility index (Phi) is 3.10. The molecule has 2 saturated heterocycles. The molecular formula is C14H16N4O. The molecule has 1 aromatic carbocycles. The number of benzene rings is 1. The summed E-state index contributed by atoms with van der Waals surface area (Å²) in [6.07, 6.45) is 1.07. The van der Waals surface area contributed by atoms with Crippen LogP contribution in [0.15, 0.2) is 24.3 Å². The largest absolute Gasteiger partial charge is 0.322 e. The first-order valence-electron chi connectivity index (χ1n) is 6.56. The molecule has 3 rings (SSSR count). The van der Waals surface area contributed by atoms with E-state index in [9.17, 15) is 4.79 Å². The van der Waals surface area contributed by atoms with Crippen LogP contribution in [-0.4, -0.2) is 36.6 Å². The highest BCUT2D eigenvalue weighted by Crippen LogP contribution is 2.27. The van der Waals surface area contributed by atoms with Crippen LogP contribution in [-0.2, 0) is 0 Å². The third-order valence-electron chi connectivity index (χ3n) is 3.95. The van der Waals surface area contributed by atoms with Crippen molar-refractivity contribution in [1.82, 2.24) is 10.2 Å². The fourth-order valence-electron chi connectivity index (χ4n) is 2.96. The lowest BCUT2D eigenvalue weighted by atomic mass is 10.1. The molecule has 0 spiro atoms. The number of nitriles is 1. The van der Waals surface area contributed by atoms with Crippen molar-refractivity contribution in [3.8, 4) is 6.07 Å². The number of nitrogens with one attached hydrogen (secondary N) is 2. The third kappa shape index (κ3) is 2.27. The second-order valence-corrected chi connectivity index (χ2v) is 5.09. The van der Waals surface area contributed by atoms with E-state index in [4.69, 9.17) is 5.26 Å². The number of likely N-dealkylation sites (tertiary alicyclic amines) is 1. The Morgan fingerprint density at radius 1 is 1.47 bits per heavy atom. The normalized spacial score (nSPS) is 24.9. The minimum Gasteiger partial charge on any atom is -0.320 e. The van der Waals surface area contributed by atoms with Gasteiger partial charge in [-0.3, -0.25) is 0 Å². The molecule has 0 aromatic heterocycles. The second kappa shape index (κ2) is 4.90. The van der Waals surface area contributed by atoms with Crippen LogP contribution in [0.3, 0.4) is 0 Å². The maximum Gasteiger partial charge on any atom is 0.322 e. The Hall–Kier alpha value is -2.06. The highest BCUT2D eigenvalue weighted by molar-refractivity contribution is 5.90. The summed E-state index contributed by atoms with van der Waals surface area (Å²) < 4.78 is 0. The van der Waals surface area contributed by atoms with Gasteiger partial charge < -0.3 is 15.5 Å². The quantitative estimate of drug-likeness (QED) is 0.797. The Labute approximate surface area is 112 Å². The topological polar surface area (TPSA) is 68.2 Å². The highest BCUT2D eigenvalue weighted by Gasteiger charge is 2.39. The summed E-state index contributed by atoms with van der Waals surface area (Å²) in [5.41, 5.74) is 1.23. The van der Waals surface area contributed by atoms with Crippen LogP contribution in [0, 0.1) is 17.2 Å². The van der Waals surface area contributed by atoms with Crippen molar-refractivity contribution in [2.45, 2.75) is 12.5 Å². The van der Waals surface area contributed by atoms with Crippen molar-refractivity contribution in [2.24, 2.45) is 5.92 Å². The van der Waals surface area contributed by atoms with E-state index in [2.05, 4.69) is 16.7 Å². The summed E-state index contributed by atoms with van der Waals surface area (Å²) in [6.45, 7) is 2.72. The van der Waals surface area contributed by atoms with Gasteiger partial charge >= 0.3 is 6.03 Å². The average Bonchev–Trinajstić information content (AvgIpc) is 3.01. The molecule has 2 aliphatic heterocycles. The maximum atomic E-state index is 12.3. The van der Waals surface area contributed by atoms with E-state index in [1.54, 1.807) is 24.3 Å². The predicted molar refractivity (Wildman–Crippen MR) is 71.6 cm³/mol. The van der Waals surface area contributed by atoms with Crippen LogP contribution in [0.5, 0.6) is 0 Å². The smallest absolute Gasteiger partial charge is 0.320 e. The number of urea groups is 1. The second-order valence-electron chi connectivity index (χ2n) is 5.09. The lowest BCUT2D eigenvalue weighted by molar-refractivity contribution is 0.206. The van der Waals surface area contributed by atoms with Crippen molar-refractivity contribution < 1.29 is 4.79 Å². The van der Waals surface area contributed by atoms with Gasteiger partial charge in [-0.05, 0) is 30.5 Å². The Morgan fingerprint density at radius 3 is 3.21 bits per heavy atom. The molecule has 0 bridgehead atoms. The van der Waals surface area contributed by atoms with Gasteiger partial charge in [0.2, 0.25) is 0 Å². The van der Waals surface area contributed by atoms with Gasteiger partial charge in [-0.1, -0.05) is 6.07 Å². The minimum atomic E-state index is -0.0636. The third-order valence-corrected chi connectivity index (χ3v) is 3.95. The van der Waals surface area contributed by atoms with Crippen LogP contribution in [0.2, 0.25) is 0 Å². The molecule has 19 heavy (non-hydrogen) atoms. The van der Waals surface area contributed by atoms with Crippen LogP contribution < -0.4 is 10.6 Å². The molecule has 2 aliphatic rings. The molecule has 2 fully saturated rings. The molecule has 1 aromatic rings. The van der Waals surface area contributed by atoms with Gasteiger partial charge in [0.1, 0.15) is 0 Å². The first kappa shape index (κ1) is 12.0. The molecular weight excluding hydrogens is 240 g/mol. The summed E-state index contributed by atoms with van der Waals surface area (Å²) in [5.74, 6) is 0.594. The van der Waals surface area contributed by atoms with Gasteiger partial charge in [0.05, 0.1) is 11.6 Å². The Bertz CT molecular complexity index is 536. The first-order chi connectivity index (χ1) is 9.28. The lowest BCUT2D eigenvalue weighted by Gasteiger charge is -2.23. The maximum absolute atomic E-state index is 12.3. The molecule has 2 atom stereocenters. The van der Waals surface area contributed by atoms with E-state index >= 15 is 0 Å². The first-order valence-corrected chi connectivity index (χ1v) is 6.56. The van der Waals surface area contributed by atoms with E-state index in [1.807, 2.05) is 4.90 Å². The molecule has 0 radical (unpaired) electrons. The SMILES string of the molecule is N#Cc1cccc(NC(=O)N2CC[C@H]3CNC[C@H]32)c1. The van der Waals surface area contributed by atoms with Crippen LogP contribution in [0.25, 0.3) is 0 Å². The molecule has 5 nitrogen and oxygen atoms in total. The summed E-state index contributed by atoms with van der Waals surface area (Å²) in [7, 11) is 0. The number of hydrogen-bond acceptors (Lipinski definition) is 3. The van der Waals surface area contributed by atoms with E-state index in [0.29, 0.717) is 23.2 Å². The lowest BCUT2D eigenvalue weighted by Crippen LogP contribution is -2.41. The fraction of sp³-hybridized carbons (Fsp3) is 0.429. The molecule has 98 valence electrons. The van der Waals surface area contributed by atoms with Gasteiger partial charge in [-0.25, -0.2) is 4.79 Å². The molecule has 0 aliphatic carbocycles. The van der Waals surface area contributed by atoms with E-state index in [0.717, 1.165) is 26.1 Å². The number of rotatable bonds is 1. The van der Waals surface area contributed by atoms with Crippen LogP contribution >= 0.6 is 0 Å². The van der Waals surface area contributed by atoms with Crippen molar-refractivity contribution in [3.63, 3.8) is 0 Å². The van der Waals surface area contributed by atoms with Crippen molar-refractivity contribution in [2.75, 3.05) is 25.0 Å². The van der Waals surface area contributed by atoms with Crippen LogP contribution in [0.4, 0.5) is 10.5 Å². The van der Waals surface area contributed by atoms with Gasteiger partial charge in [0.25, 0.3) is 0 Å². The Balaban J connectivity index is 1.69. The van der Waals surface area contributed by atoms with E-state index in [-0.39, 0.29) is 6.03 Å². The van der Waals surface area contributed by atoms with Gasteiger partial charge in [-0.15, -0.1) is 0 Å². The number of nitrogens with zero attached hydrogens (tertiary/aromatic N) is 2. The number of hydrogen-bond donors (Lipinski definition) is 2. The predicted octanol–water partition coefficient (Wildman–Crippen LogP) is 1.38. The zero-order chi connectivity index (χ0) is 13.2. The van der Waals surface area contributed by atoms with Crippen molar-refractivity contribution >= 4 is 11.7 Å². The summed E-state index contributed by atoms with van der Waals surface area (Å²) in [5, 5.41) is 15.1. The number of amides is 2. The molecule has 0 saturated carbocycles. The molecule has 0 unspecified atom stereocenters. The molecule has 2 N–H and O–H groups in total. The average molecular weight is 256 g/mol. The summed E-state index contributed by atoms with van der Waals surface area (Å²) in [4.78, 5) is 14.2. The van der Waals surface area contributed by atoms with Crippen molar-refractivity contribution in [1.29, 1.82) is 5.26 Å². The molecule has 5 heteroatoms.